The van der Waals surface area contributed by atoms with E-state index in [9.17, 15) is 31.5 Å². The molecule has 0 aromatic heterocycles. The van der Waals surface area contributed by atoms with Gasteiger partial charge in [-0.25, -0.2) is 9.59 Å². The molecule has 104 valence electrons. The predicted octanol–water partition coefficient (Wildman–Crippen LogP) is 2.74. The van der Waals surface area contributed by atoms with Crippen molar-refractivity contribution in [2.24, 2.45) is 0 Å². The Kier molecular flexibility index (Phi) is 3.51. The Hall–Kier alpha value is -2.19. The van der Waals surface area contributed by atoms with E-state index < -0.39 is 40.7 Å². The first kappa shape index (κ1) is 14.9. The number of aromatic carboxylic acids is 2. The highest BCUT2D eigenvalue weighted by molar-refractivity contribution is 5.94. The van der Waals surface area contributed by atoms with E-state index in [4.69, 9.17) is 10.2 Å². The third-order valence-electron chi connectivity index (χ3n) is 2.15. The molecule has 1 aromatic carbocycles. The Bertz CT molecular complexity index is 503. The second-order valence-electron chi connectivity index (χ2n) is 3.48. The van der Waals surface area contributed by atoms with Crippen LogP contribution in [-0.4, -0.2) is 28.3 Å². The summed E-state index contributed by atoms with van der Waals surface area (Å²) in [6.07, 6.45) is -5.96. The van der Waals surface area contributed by atoms with Gasteiger partial charge in [0.1, 0.15) is 0 Å². The molecule has 0 saturated heterocycles. The molecular formula is C10H5F5O4. The largest absolute Gasteiger partial charge is 0.478 e. The number of halogens is 5. The van der Waals surface area contributed by atoms with Crippen LogP contribution in [0.15, 0.2) is 18.2 Å². The standard InChI is InChI=1S/C10H5F5O4/c11-9(12,10(13,14)15)6-2-4(7(16)17)1-5(3-6)8(18)19/h1-3H,(H,16,17)(H,18,19). The van der Waals surface area contributed by atoms with Gasteiger partial charge in [-0.3, -0.25) is 0 Å². The second-order valence-corrected chi connectivity index (χ2v) is 3.48. The third-order valence-corrected chi connectivity index (χ3v) is 2.15. The zero-order chi connectivity index (χ0) is 15.0. The number of rotatable bonds is 3. The van der Waals surface area contributed by atoms with Crippen LogP contribution in [0, 0.1) is 0 Å². The zero-order valence-electron chi connectivity index (χ0n) is 8.83. The van der Waals surface area contributed by atoms with Gasteiger partial charge in [-0.2, -0.15) is 22.0 Å². The van der Waals surface area contributed by atoms with Crippen molar-refractivity contribution in [3.05, 3.63) is 34.9 Å². The first-order chi connectivity index (χ1) is 8.46. The lowest BCUT2D eigenvalue weighted by atomic mass is 10.0. The Morgan fingerprint density at radius 3 is 1.47 bits per heavy atom. The van der Waals surface area contributed by atoms with Gasteiger partial charge < -0.3 is 10.2 Å². The van der Waals surface area contributed by atoms with Crippen LogP contribution in [0.25, 0.3) is 0 Å². The Morgan fingerprint density at radius 1 is 0.842 bits per heavy atom. The van der Waals surface area contributed by atoms with Gasteiger partial charge in [0.05, 0.1) is 11.1 Å². The summed E-state index contributed by atoms with van der Waals surface area (Å²) >= 11 is 0. The van der Waals surface area contributed by atoms with E-state index in [1.54, 1.807) is 0 Å². The third kappa shape index (κ3) is 2.80. The molecule has 0 heterocycles. The number of carboxylic acids is 2. The SMILES string of the molecule is O=C(O)c1cc(C(=O)O)cc(C(F)(F)C(F)(F)F)c1. The number of hydrogen-bond acceptors (Lipinski definition) is 2. The Balaban J connectivity index is 3.52. The van der Waals surface area contributed by atoms with Crippen molar-refractivity contribution in [3.63, 3.8) is 0 Å². The van der Waals surface area contributed by atoms with Gasteiger partial charge in [-0.1, -0.05) is 0 Å². The average Bonchev–Trinajstić information content (AvgIpc) is 2.26. The first-order valence-electron chi connectivity index (χ1n) is 4.53. The number of carboxylic acid groups (broad SMARTS) is 2. The predicted molar refractivity (Wildman–Crippen MR) is 50.3 cm³/mol. The van der Waals surface area contributed by atoms with Crippen LogP contribution in [-0.2, 0) is 5.92 Å². The van der Waals surface area contributed by atoms with E-state index in [0.717, 1.165) is 0 Å². The molecule has 1 rings (SSSR count). The fraction of sp³-hybridized carbons (Fsp3) is 0.200. The highest BCUT2D eigenvalue weighted by atomic mass is 19.4. The average molecular weight is 284 g/mol. The van der Waals surface area contributed by atoms with Gasteiger partial charge >= 0.3 is 24.0 Å². The van der Waals surface area contributed by atoms with Crippen molar-refractivity contribution >= 4 is 11.9 Å². The fourth-order valence-corrected chi connectivity index (χ4v) is 1.22. The molecule has 4 nitrogen and oxygen atoms in total. The maximum absolute atomic E-state index is 13.0. The summed E-state index contributed by atoms with van der Waals surface area (Å²) < 4.78 is 62.5. The summed E-state index contributed by atoms with van der Waals surface area (Å²) in [6.45, 7) is 0. The summed E-state index contributed by atoms with van der Waals surface area (Å²) in [7, 11) is 0. The number of alkyl halides is 5. The minimum Gasteiger partial charge on any atom is -0.478 e. The molecule has 0 bridgehead atoms. The highest BCUT2D eigenvalue weighted by Crippen LogP contribution is 2.44. The maximum atomic E-state index is 13.0. The maximum Gasteiger partial charge on any atom is 0.458 e. The number of hydrogen-bond donors (Lipinski definition) is 2. The van der Waals surface area contributed by atoms with Gasteiger partial charge in [-0.15, -0.1) is 0 Å². The van der Waals surface area contributed by atoms with E-state index >= 15 is 0 Å². The molecule has 0 aliphatic carbocycles. The van der Waals surface area contributed by atoms with Crippen molar-refractivity contribution < 1.29 is 41.8 Å². The van der Waals surface area contributed by atoms with E-state index in [-0.39, 0.29) is 12.1 Å². The summed E-state index contributed by atoms with van der Waals surface area (Å²) in [5.74, 6) is -8.98. The number of benzene rings is 1. The van der Waals surface area contributed by atoms with Crippen LogP contribution in [0.2, 0.25) is 0 Å². The van der Waals surface area contributed by atoms with Crippen LogP contribution in [0.3, 0.4) is 0 Å². The lowest BCUT2D eigenvalue weighted by Crippen LogP contribution is -2.34. The molecule has 0 amide bonds. The van der Waals surface area contributed by atoms with Crippen LogP contribution in [0.4, 0.5) is 22.0 Å². The van der Waals surface area contributed by atoms with E-state index in [0.29, 0.717) is 6.07 Å². The lowest BCUT2D eigenvalue weighted by molar-refractivity contribution is -0.289. The molecule has 0 unspecified atom stereocenters. The second kappa shape index (κ2) is 4.48. The highest BCUT2D eigenvalue weighted by Gasteiger charge is 2.59. The lowest BCUT2D eigenvalue weighted by Gasteiger charge is -2.20. The number of carbonyl (C=O) groups is 2. The monoisotopic (exact) mass is 284 g/mol. The summed E-state index contributed by atoms with van der Waals surface area (Å²) in [4.78, 5) is 21.2. The molecule has 0 radical (unpaired) electrons. The van der Waals surface area contributed by atoms with Gasteiger partial charge in [0.25, 0.3) is 0 Å². The summed E-state index contributed by atoms with van der Waals surface area (Å²) in [6, 6.07) is 0.658. The molecule has 0 aliphatic rings. The molecule has 0 fully saturated rings. The Labute approximate surface area is 102 Å². The van der Waals surface area contributed by atoms with E-state index in [1.807, 2.05) is 0 Å². The fourth-order valence-electron chi connectivity index (χ4n) is 1.22. The van der Waals surface area contributed by atoms with Gasteiger partial charge in [0, 0.05) is 5.56 Å². The van der Waals surface area contributed by atoms with Crippen LogP contribution in [0.1, 0.15) is 26.3 Å². The minimum absolute atomic E-state index is 0.0856. The van der Waals surface area contributed by atoms with Gasteiger partial charge in [0.15, 0.2) is 0 Å². The quantitative estimate of drug-likeness (QED) is 0.837. The summed E-state index contributed by atoms with van der Waals surface area (Å²) in [5, 5.41) is 17.1. The van der Waals surface area contributed by atoms with Crippen LogP contribution < -0.4 is 0 Å². The van der Waals surface area contributed by atoms with Crippen molar-refractivity contribution in [1.82, 2.24) is 0 Å². The first-order valence-corrected chi connectivity index (χ1v) is 4.53. The van der Waals surface area contributed by atoms with E-state index in [2.05, 4.69) is 0 Å². The van der Waals surface area contributed by atoms with E-state index in [1.165, 1.54) is 0 Å². The molecule has 0 saturated carbocycles. The zero-order valence-corrected chi connectivity index (χ0v) is 8.83. The van der Waals surface area contributed by atoms with Crippen LogP contribution in [0.5, 0.6) is 0 Å². The topological polar surface area (TPSA) is 74.6 Å². The molecule has 9 heteroatoms. The molecule has 19 heavy (non-hydrogen) atoms. The van der Waals surface area contributed by atoms with Crippen molar-refractivity contribution in [2.75, 3.05) is 0 Å². The molecule has 0 spiro atoms. The van der Waals surface area contributed by atoms with Gasteiger partial charge in [0.2, 0.25) is 0 Å². The molecular weight excluding hydrogens is 279 g/mol. The molecule has 2 N–H and O–H groups in total. The molecule has 1 aromatic rings. The molecule has 0 atom stereocenters. The summed E-state index contributed by atoms with van der Waals surface area (Å²) in [5.41, 5.74) is -3.69. The van der Waals surface area contributed by atoms with Crippen molar-refractivity contribution in [3.8, 4) is 0 Å². The van der Waals surface area contributed by atoms with Crippen molar-refractivity contribution in [1.29, 1.82) is 0 Å². The van der Waals surface area contributed by atoms with Crippen molar-refractivity contribution in [2.45, 2.75) is 12.1 Å². The smallest absolute Gasteiger partial charge is 0.458 e. The Morgan fingerprint density at radius 2 is 1.21 bits per heavy atom. The molecule has 0 aliphatic heterocycles. The normalized spacial score (nSPS) is 12.3. The van der Waals surface area contributed by atoms with Gasteiger partial charge in [-0.05, 0) is 18.2 Å². The van der Waals surface area contributed by atoms with Crippen LogP contribution >= 0.6 is 0 Å². The minimum atomic E-state index is -5.96.